The lowest BCUT2D eigenvalue weighted by Gasteiger charge is -2.36. The standard InChI is InChI=1S/C19H19N5O2/c1-26-18-22-14-7-10-24(17(25)15(14)16(21)23-18)13-5-3-12(4-6-13)19(11-20)8-2-9-19/h3-6H,2,7-10H2,1H3,(H2,21,22,23). The van der Waals surface area contributed by atoms with Gasteiger partial charge in [-0.05, 0) is 37.0 Å². The number of nitrogens with two attached hydrogens (primary N) is 1. The van der Waals surface area contributed by atoms with E-state index in [9.17, 15) is 10.1 Å². The third kappa shape index (κ3) is 2.37. The fourth-order valence-electron chi connectivity index (χ4n) is 3.66. The highest BCUT2D eigenvalue weighted by molar-refractivity contribution is 6.10. The maximum absolute atomic E-state index is 12.9. The Kier molecular flexibility index (Phi) is 3.76. The molecule has 0 radical (unpaired) electrons. The number of nitrogen functional groups attached to an aromatic ring is 1. The number of carbonyl (C=O) groups is 1. The van der Waals surface area contributed by atoms with Gasteiger partial charge in [-0.1, -0.05) is 12.1 Å². The summed E-state index contributed by atoms with van der Waals surface area (Å²) in [4.78, 5) is 22.9. The Morgan fingerprint density at radius 3 is 2.58 bits per heavy atom. The minimum absolute atomic E-state index is 0.135. The number of ether oxygens (including phenoxy) is 1. The quantitative estimate of drug-likeness (QED) is 0.911. The summed E-state index contributed by atoms with van der Waals surface area (Å²) in [7, 11) is 1.47. The van der Waals surface area contributed by atoms with Gasteiger partial charge >= 0.3 is 6.01 Å². The van der Waals surface area contributed by atoms with E-state index in [1.165, 1.54) is 7.11 Å². The number of carbonyl (C=O) groups excluding carboxylic acids is 1. The lowest BCUT2D eigenvalue weighted by Crippen LogP contribution is -2.39. The van der Waals surface area contributed by atoms with E-state index in [2.05, 4.69) is 16.0 Å². The van der Waals surface area contributed by atoms with Crippen LogP contribution in [0.1, 0.15) is 40.9 Å². The van der Waals surface area contributed by atoms with Crippen LogP contribution in [0.25, 0.3) is 0 Å². The second-order valence-corrected chi connectivity index (χ2v) is 6.72. The number of rotatable bonds is 3. The zero-order valence-corrected chi connectivity index (χ0v) is 14.5. The maximum atomic E-state index is 12.9. The highest BCUT2D eigenvalue weighted by Crippen LogP contribution is 2.43. The summed E-state index contributed by atoms with van der Waals surface area (Å²) in [6.45, 7) is 0.508. The molecule has 1 aromatic carbocycles. The number of methoxy groups -OCH3 is 1. The molecule has 1 aliphatic carbocycles. The van der Waals surface area contributed by atoms with E-state index in [1.54, 1.807) is 4.90 Å². The van der Waals surface area contributed by atoms with Gasteiger partial charge in [0.1, 0.15) is 11.4 Å². The van der Waals surface area contributed by atoms with Crippen molar-refractivity contribution in [3.63, 3.8) is 0 Å². The highest BCUT2D eigenvalue weighted by atomic mass is 16.5. The molecule has 4 rings (SSSR count). The third-order valence-corrected chi connectivity index (χ3v) is 5.36. The molecule has 0 atom stereocenters. The van der Waals surface area contributed by atoms with E-state index in [1.807, 2.05) is 24.3 Å². The number of hydrogen-bond acceptors (Lipinski definition) is 6. The Morgan fingerprint density at radius 2 is 2.00 bits per heavy atom. The molecule has 1 aliphatic heterocycles. The Morgan fingerprint density at radius 1 is 1.27 bits per heavy atom. The van der Waals surface area contributed by atoms with Gasteiger partial charge < -0.3 is 15.4 Å². The number of amides is 1. The molecule has 2 N–H and O–H groups in total. The van der Waals surface area contributed by atoms with Gasteiger partial charge in [0.15, 0.2) is 0 Å². The molecule has 1 saturated carbocycles. The average Bonchev–Trinajstić information content (AvgIpc) is 2.62. The third-order valence-electron chi connectivity index (χ3n) is 5.36. The first kappa shape index (κ1) is 16.3. The molecule has 0 unspecified atom stereocenters. The van der Waals surface area contributed by atoms with Gasteiger partial charge in [-0.25, -0.2) is 0 Å². The Labute approximate surface area is 151 Å². The number of aromatic nitrogens is 2. The summed E-state index contributed by atoms with van der Waals surface area (Å²) in [5, 5.41) is 9.48. The molecule has 7 heteroatoms. The Hall–Kier alpha value is -3.14. The summed E-state index contributed by atoms with van der Waals surface area (Å²) in [5.41, 5.74) is 8.37. The minimum Gasteiger partial charge on any atom is -0.467 e. The second-order valence-electron chi connectivity index (χ2n) is 6.72. The molecule has 2 aromatic rings. The predicted octanol–water partition coefficient (Wildman–Crippen LogP) is 2.22. The number of fused-ring (bicyclic) bond motifs is 1. The number of anilines is 2. The predicted molar refractivity (Wildman–Crippen MR) is 96.0 cm³/mol. The molecule has 26 heavy (non-hydrogen) atoms. The van der Waals surface area contributed by atoms with Crippen molar-refractivity contribution in [3.05, 3.63) is 41.1 Å². The normalized spacial score (nSPS) is 17.8. The van der Waals surface area contributed by atoms with Crippen LogP contribution in [0.4, 0.5) is 11.5 Å². The zero-order chi connectivity index (χ0) is 18.3. The summed E-state index contributed by atoms with van der Waals surface area (Å²) in [6.07, 6.45) is 3.45. The first-order chi connectivity index (χ1) is 12.6. The first-order valence-corrected chi connectivity index (χ1v) is 8.62. The van der Waals surface area contributed by atoms with E-state index in [0.717, 1.165) is 30.5 Å². The Balaban J connectivity index is 1.64. The van der Waals surface area contributed by atoms with E-state index >= 15 is 0 Å². The molecule has 0 bridgehead atoms. The van der Waals surface area contributed by atoms with Crippen molar-refractivity contribution in [2.24, 2.45) is 0 Å². The van der Waals surface area contributed by atoms with Crippen molar-refractivity contribution in [2.45, 2.75) is 31.1 Å². The van der Waals surface area contributed by atoms with Crippen LogP contribution in [-0.2, 0) is 11.8 Å². The molecule has 2 aliphatic rings. The van der Waals surface area contributed by atoms with Gasteiger partial charge in [0.2, 0.25) is 0 Å². The van der Waals surface area contributed by atoms with E-state index in [-0.39, 0.29) is 23.2 Å². The van der Waals surface area contributed by atoms with Gasteiger partial charge in [0, 0.05) is 18.7 Å². The van der Waals surface area contributed by atoms with Crippen LogP contribution in [0.15, 0.2) is 24.3 Å². The number of hydrogen-bond donors (Lipinski definition) is 1. The topological polar surface area (TPSA) is 105 Å². The molecular weight excluding hydrogens is 330 g/mol. The zero-order valence-electron chi connectivity index (χ0n) is 14.5. The van der Waals surface area contributed by atoms with Crippen molar-refractivity contribution in [3.8, 4) is 12.1 Å². The summed E-state index contributed by atoms with van der Waals surface area (Å²) in [6, 6.07) is 10.3. The molecule has 0 spiro atoms. The van der Waals surface area contributed by atoms with Gasteiger partial charge in [-0.3, -0.25) is 4.79 Å². The Bertz CT molecular complexity index is 913. The van der Waals surface area contributed by atoms with Crippen LogP contribution in [0.3, 0.4) is 0 Å². The number of benzene rings is 1. The summed E-state index contributed by atoms with van der Waals surface area (Å²) in [5.74, 6) is -0.0751. The average molecular weight is 349 g/mol. The lowest BCUT2D eigenvalue weighted by molar-refractivity contribution is 0.0980. The van der Waals surface area contributed by atoms with E-state index in [4.69, 9.17) is 10.5 Å². The van der Waals surface area contributed by atoms with Crippen molar-refractivity contribution >= 4 is 17.4 Å². The molecule has 1 amide bonds. The van der Waals surface area contributed by atoms with E-state index in [0.29, 0.717) is 24.2 Å². The molecule has 0 saturated heterocycles. The van der Waals surface area contributed by atoms with Crippen LogP contribution >= 0.6 is 0 Å². The summed E-state index contributed by atoms with van der Waals surface area (Å²) < 4.78 is 5.03. The van der Waals surface area contributed by atoms with Crippen molar-refractivity contribution < 1.29 is 9.53 Å². The maximum Gasteiger partial charge on any atom is 0.318 e. The second kappa shape index (κ2) is 5.99. The largest absolute Gasteiger partial charge is 0.467 e. The molecule has 132 valence electrons. The van der Waals surface area contributed by atoms with Crippen LogP contribution in [0, 0.1) is 11.3 Å². The fraction of sp³-hybridized carbons (Fsp3) is 0.368. The number of nitrogens with zero attached hydrogens (tertiary/aromatic N) is 4. The molecular formula is C19H19N5O2. The van der Waals surface area contributed by atoms with Crippen LogP contribution in [0.2, 0.25) is 0 Å². The molecule has 2 heterocycles. The monoisotopic (exact) mass is 349 g/mol. The van der Waals surface area contributed by atoms with Crippen molar-refractivity contribution in [2.75, 3.05) is 24.3 Å². The van der Waals surface area contributed by atoms with E-state index < -0.39 is 0 Å². The molecule has 1 aromatic heterocycles. The van der Waals surface area contributed by atoms with Crippen molar-refractivity contribution in [1.82, 2.24) is 9.97 Å². The smallest absolute Gasteiger partial charge is 0.318 e. The molecule has 7 nitrogen and oxygen atoms in total. The lowest BCUT2D eigenvalue weighted by atomic mass is 9.65. The van der Waals surface area contributed by atoms with Gasteiger partial charge in [-0.2, -0.15) is 15.2 Å². The van der Waals surface area contributed by atoms with Crippen molar-refractivity contribution in [1.29, 1.82) is 5.26 Å². The molecule has 1 fully saturated rings. The summed E-state index contributed by atoms with van der Waals surface area (Å²) >= 11 is 0. The van der Waals surface area contributed by atoms with Crippen LogP contribution in [-0.4, -0.2) is 29.5 Å². The fourth-order valence-corrected chi connectivity index (χ4v) is 3.66. The van der Waals surface area contributed by atoms with Gasteiger partial charge in [-0.15, -0.1) is 0 Å². The first-order valence-electron chi connectivity index (χ1n) is 8.62. The van der Waals surface area contributed by atoms with Crippen LogP contribution < -0.4 is 15.4 Å². The minimum atomic E-state index is -0.355. The number of nitriles is 1. The highest BCUT2D eigenvalue weighted by Gasteiger charge is 2.39. The SMILES string of the molecule is COc1nc(N)c2c(n1)CCN(c1ccc(C3(C#N)CCC3)cc1)C2=O. The van der Waals surface area contributed by atoms with Crippen LogP contribution in [0.5, 0.6) is 6.01 Å². The van der Waals surface area contributed by atoms with Gasteiger partial charge in [0.05, 0.1) is 24.3 Å². The van der Waals surface area contributed by atoms with Gasteiger partial charge in [0.25, 0.3) is 5.91 Å².